The zero-order valence-electron chi connectivity index (χ0n) is 7.69. The maximum Gasteiger partial charge on any atom is 0.250 e. The van der Waals surface area contributed by atoms with E-state index in [9.17, 15) is 4.79 Å². The zero-order chi connectivity index (χ0) is 9.84. The lowest BCUT2D eigenvalue weighted by molar-refractivity contribution is -0.132. The molecule has 0 bridgehead atoms. The van der Waals surface area contributed by atoms with Gasteiger partial charge < -0.3 is 20.9 Å². The standard InChI is InChI=1S/C8H16N2O3/c1-13-7(4-9)8(12)10-5-2-6(11)3-5/h5-7,11H,2-4,9H2,1H3,(H,10,12). The zero-order valence-corrected chi connectivity index (χ0v) is 7.69. The summed E-state index contributed by atoms with van der Waals surface area (Å²) >= 11 is 0. The predicted molar refractivity (Wildman–Crippen MR) is 47.0 cm³/mol. The second-order valence-corrected chi connectivity index (χ2v) is 3.29. The van der Waals surface area contributed by atoms with Gasteiger partial charge in [-0.15, -0.1) is 0 Å². The molecule has 0 saturated heterocycles. The molecule has 1 rings (SSSR count). The highest BCUT2D eigenvalue weighted by atomic mass is 16.5. The summed E-state index contributed by atoms with van der Waals surface area (Å²) in [5.74, 6) is -0.193. The molecule has 0 spiro atoms. The smallest absolute Gasteiger partial charge is 0.250 e. The van der Waals surface area contributed by atoms with Crippen molar-refractivity contribution in [2.75, 3.05) is 13.7 Å². The molecular weight excluding hydrogens is 172 g/mol. The van der Waals surface area contributed by atoms with Crippen molar-refractivity contribution < 1.29 is 14.6 Å². The molecule has 0 radical (unpaired) electrons. The lowest BCUT2D eigenvalue weighted by Gasteiger charge is -2.32. The first-order valence-corrected chi connectivity index (χ1v) is 4.38. The quantitative estimate of drug-likeness (QED) is 0.506. The van der Waals surface area contributed by atoms with E-state index in [0.717, 1.165) is 0 Å². The normalized spacial score (nSPS) is 29.2. The van der Waals surface area contributed by atoms with Crippen LogP contribution in [-0.2, 0) is 9.53 Å². The van der Waals surface area contributed by atoms with Crippen LogP contribution in [0, 0.1) is 0 Å². The summed E-state index contributed by atoms with van der Waals surface area (Å²) in [6, 6.07) is 0.0895. The summed E-state index contributed by atoms with van der Waals surface area (Å²) in [4.78, 5) is 11.3. The lowest BCUT2D eigenvalue weighted by Crippen LogP contribution is -2.51. The van der Waals surface area contributed by atoms with Gasteiger partial charge >= 0.3 is 0 Å². The van der Waals surface area contributed by atoms with Crippen molar-refractivity contribution in [1.82, 2.24) is 5.32 Å². The van der Waals surface area contributed by atoms with Crippen LogP contribution in [0.2, 0.25) is 0 Å². The molecule has 13 heavy (non-hydrogen) atoms. The third-order valence-electron chi connectivity index (χ3n) is 2.25. The molecule has 1 saturated carbocycles. The molecule has 1 fully saturated rings. The SMILES string of the molecule is COC(CN)C(=O)NC1CC(O)C1. The van der Waals surface area contributed by atoms with Gasteiger partial charge in [-0.2, -0.15) is 0 Å². The van der Waals surface area contributed by atoms with Crippen molar-refractivity contribution in [3.8, 4) is 0 Å². The number of rotatable bonds is 4. The minimum atomic E-state index is -0.572. The number of aliphatic hydroxyl groups excluding tert-OH is 1. The minimum Gasteiger partial charge on any atom is -0.393 e. The summed E-state index contributed by atoms with van der Waals surface area (Å²) in [5.41, 5.74) is 5.31. The van der Waals surface area contributed by atoms with Gasteiger partial charge in [-0.1, -0.05) is 0 Å². The van der Waals surface area contributed by atoms with Crippen LogP contribution in [0.15, 0.2) is 0 Å². The van der Waals surface area contributed by atoms with Crippen molar-refractivity contribution in [3.05, 3.63) is 0 Å². The van der Waals surface area contributed by atoms with Gasteiger partial charge in [-0.05, 0) is 12.8 Å². The number of methoxy groups -OCH3 is 1. The van der Waals surface area contributed by atoms with Crippen LogP contribution in [0.25, 0.3) is 0 Å². The second kappa shape index (κ2) is 4.55. The fraction of sp³-hybridized carbons (Fsp3) is 0.875. The molecule has 5 heteroatoms. The Morgan fingerprint density at radius 2 is 2.38 bits per heavy atom. The molecule has 0 aromatic rings. The molecule has 76 valence electrons. The van der Waals surface area contributed by atoms with E-state index in [2.05, 4.69) is 5.32 Å². The molecule has 1 amide bonds. The maximum atomic E-state index is 11.3. The van der Waals surface area contributed by atoms with Crippen LogP contribution in [-0.4, -0.2) is 42.9 Å². The number of nitrogens with two attached hydrogens (primary N) is 1. The molecule has 0 aromatic carbocycles. The first-order valence-electron chi connectivity index (χ1n) is 4.38. The van der Waals surface area contributed by atoms with Gasteiger partial charge in [0.25, 0.3) is 5.91 Å². The first-order chi connectivity index (χ1) is 6.17. The molecule has 1 atom stereocenters. The summed E-state index contributed by atoms with van der Waals surface area (Å²) < 4.78 is 4.86. The Kier molecular flexibility index (Phi) is 3.65. The Morgan fingerprint density at radius 1 is 1.77 bits per heavy atom. The van der Waals surface area contributed by atoms with Crippen LogP contribution >= 0.6 is 0 Å². The summed E-state index contributed by atoms with van der Waals surface area (Å²) in [6.45, 7) is 0.178. The lowest BCUT2D eigenvalue weighted by atomic mass is 9.89. The number of amides is 1. The third kappa shape index (κ3) is 2.65. The topological polar surface area (TPSA) is 84.6 Å². The number of hydrogen-bond acceptors (Lipinski definition) is 4. The molecular formula is C8H16N2O3. The number of carbonyl (C=O) groups is 1. The number of ether oxygens (including phenoxy) is 1. The number of hydrogen-bond donors (Lipinski definition) is 3. The Morgan fingerprint density at radius 3 is 2.77 bits per heavy atom. The van der Waals surface area contributed by atoms with Gasteiger partial charge in [-0.25, -0.2) is 0 Å². The van der Waals surface area contributed by atoms with E-state index in [1.165, 1.54) is 7.11 Å². The molecule has 1 aliphatic carbocycles. The van der Waals surface area contributed by atoms with Crippen molar-refractivity contribution in [2.45, 2.75) is 31.1 Å². The molecule has 0 heterocycles. The van der Waals surface area contributed by atoms with Crippen LogP contribution in [0.1, 0.15) is 12.8 Å². The van der Waals surface area contributed by atoms with E-state index in [0.29, 0.717) is 12.8 Å². The molecule has 0 aromatic heterocycles. The van der Waals surface area contributed by atoms with E-state index in [-0.39, 0.29) is 24.6 Å². The largest absolute Gasteiger partial charge is 0.393 e. The summed E-state index contributed by atoms with van der Waals surface area (Å²) in [5, 5.41) is 11.7. The number of carbonyl (C=O) groups excluding carboxylic acids is 1. The molecule has 4 N–H and O–H groups in total. The van der Waals surface area contributed by atoms with E-state index >= 15 is 0 Å². The van der Waals surface area contributed by atoms with Crippen molar-refractivity contribution in [1.29, 1.82) is 0 Å². The molecule has 0 aliphatic heterocycles. The Labute approximate surface area is 77.2 Å². The highest BCUT2D eigenvalue weighted by molar-refractivity contribution is 5.81. The number of nitrogens with one attached hydrogen (secondary N) is 1. The van der Waals surface area contributed by atoms with E-state index in [4.69, 9.17) is 15.6 Å². The fourth-order valence-corrected chi connectivity index (χ4v) is 1.31. The van der Waals surface area contributed by atoms with Crippen LogP contribution < -0.4 is 11.1 Å². The van der Waals surface area contributed by atoms with Crippen molar-refractivity contribution in [2.24, 2.45) is 5.73 Å². The van der Waals surface area contributed by atoms with Gasteiger partial charge in [0.1, 0.15) is 6.10 Å². The van der Waals surface area contributed by atoms with E-state index in [1.807, 2.05) is 0 Å². The highest BCUT2D eigenvalue weighted by Crippen LogP contribution is 2.19. The van der Waals surface area contributed by atoms with E-state index < -0.39 is 6.10 Å². The van der Waals surface area contributed by atoms with Gasteiger partial charge in [-0.3, -0.25) is 4.79 Å². The summed E-state index contributed by atoms with van der Waals surface area (Å²) in [6.07, 6.45) is 0.432. The Bertz CT molecular complexity index is 176. The minimum absolute atomic E-state index is 0.0895. The molecule has 1 aliphatic rings. The fourth-order valence-electron chi connectivity index (χ4n) is 1.31. The van der Waals surface area contributed by atoms with Crippen LogP contribution in [0.4, 0.5) is 0 Å². The van der Waals surface area contributed by atoms with Crippen LogP contribution in [0.3, 0.4) is 0 Å². The third-order valence-corrected chi connectivity index (χ3v) is 2.25. The van der Waals surface area contributed by atoms with Crippen molar-refractivity contribution in [3.63, 3.8) is 0 Å². The first kappa shape index (κ1) is 10.4. The molecule has 1 unspecified atom stereocenters. The van der Waals surface area contributed by atoms with Crippen molar-refractivity contribution >= 4 is 5.91 Å². The van der Waals surface area contributed by atoms with E-state index in [1.54, 1.807) is 0 Å². The average Bonchev–Trinajstić information content (AvgIpc) is 2.04. The van der Waals surface area contributed by atoms with Gasteiger partial charge in [0.15, 0.2) is 0 Å². The van der Waals surface area contributed by atoms with Gasteiger partial charge in [0.05, 0.1) is 6.10 Å². The Balaban J connectivity index is 2.24. The highest BCUT2D eigenvalue weighted by Gasteiger charge is 2.30. The maximum absolute atomic E-state index is 11.3. The average molecular weight is 188 g/mol. The monoisotopic (exact) mass is 188 g/mol. The second-order valence-electron chi connectivity index (χ2n) is 3.29. The summed E-state index contributed by atoms with van der Waals surface area (Å²) in [7, 11) is 1.45. The molecule has 5 nitrogen and oxygen atoms in total. The number of aliphatic hydroxyl groups is 1. The van der Waals surface area contributed by atoms with Crippen LogP contribution in [0.5, 0.6) is 0 Å². The van der Waals surface area contributed by atoms with Gasteiger partial charge in [0, 0.05) is 19.7 Å². The Hall–Kier alpha value is -0.650. The predicted octanol–water partition coefficient (Wildman–Crippen LogP) is -1.40. The van der Waals surface area contributed by atoms with Gasteiger partial charge in [0.2, 0.25) is 0 Å².